The van der Waals surface area contributed by atoms with Crippen molar-refractivity contribution in [3.05, 3.63) is 78.4 Å². The number of fused-ring (bicyclic) bond motifs is 2. The maximum Gasteiger partial charge on any atom is 0.150 e. The number of imidazole rings is 1. The first-order valence-electron chi connectivity index (χ1n) is 11.0. The monoisotopic (exact) mass is 420 g/mol. The van der Waals surface area contributed by atoms with Crippen LogP contribution in [0.25, 0.3) is 27.7 Å². The number of aromatic nitrogens is 4. The SMILES string of the molecule is Cc1cc2ccc(-c3nc(C4CCC4)n4ccnc(N)c34)cc2nc1Nc1ccccc1. The number of aryl methyl sites for hydroxylation is 1. The van der Waals surface area contributed by atoms with E-state index in [9.17, 15) is 0 Å². The van der Waals surface area contributed by atoms with Crippen molar-refractivity contribution < 1.29 is 0 Å². The number of rotatable bonds is 4. The highest BCUT2D eigenvalue weighted by Gasteiger charge is 2.27. The maximum atomic E-state index is 6.31. The molecule has 32 heavy (non-hydrogen) atoms. The van der Waals surface area contributed by atoms with Crippen LogP contribution in [-0.2, 0) is 0 Å². The van der Waals surface area contributed by atoms with Gasteiger partial charge in [-0.2, -0.15) is 0 Å². The molecule has 0 unspecified atom stereocenters. The van der Waals surface area contributed by atoms with E-state index in [0.717, 1.165) is 50.6 Å². The predicted molar refractivity (Wildman–Crippen MR) is 129 cm³/mol. The Labute approximate surface area is 186 Å². The molecule has 1 saturated carbocycles. The summed E-state index contributed by atoms with van der Waals surface area (Å²) >= 11 is 0. The Kier molecular flexibility index (Phi) is 4.31. The van der Waals surface area contributed by atoms with Crippen LogP contribution in [0.3, 0.4) is 0 Å². The minimum Gasteiger partial charge on any atom is -0.382 e. The van der Waals surface area contributed by atoms with Crippen molar-refractivity contribution in [2.24, 2.45) is 0 Å². The Morgan fingerprint density at radius 2 is 1.88 bits per heavy atom. The molecular weight excluding hydrogens is 396 g/mol. The van der Waals surface area contributed by atoms with E-state index in [0.29, 0.717) is 11.7 Å². The first kappa shape index (κ1) is 18.8. The molecule has 5 aromatic rings. The highest BCUT2D eigenvalue weighted by molar-refractivity contribution is 5.91. The second-order valence-corrected chi connectivity index (χ2v) is 8.53. The molecule has 6 heteroatoms. The van der Waals surface area contributed by atoms with Crippen molar-refractivity contribution in [3.63, 3.8) is 0 Å². The third-order valence-corrected chi connectivity index (χ3v) is 6.40. The third kappa shape index (κ3) is 3.07. The zero-order chi connectivity index (χ0) is 21.7. The van der Waals surface area contributed by atoms with E-state index in [1.165, 1.54) is 19.3 Å². The molecule has 1 aliphatic carbocycles. The van der Waals surface area contributed by atoms with Crippen LogP contribution in [0.1, 0.15) is 36.6 Å². The van der Waals surface area contributed by atoms with E-state index >= 15 is 0 Å². The number of nitrogens with two attached hydrogens (primary N) is 1. The van der Waals surface area contributed by atoms with Gasteiger partial charge < -0.3 is 11.1 Å². The third-order valence-electron chi connectivity index (χ3n) is 6.40. The average molecular weight is 421 g/mol. The number of hydrogen-bond acceptors (Lipinski definition) is 5. The quantitative estimate of drug-likeness (QED) is 0.381. The fourth-order valence-corrected chi connectivity index (χ4v) is 4.45. The van der Waals surface area contributed by atoms with Gasteiger partial charge in [-0.05, 0) is 49.6 Å². The molecule has 158 valence electrons. The molecule has 1 aliphatic rings. The molecular formula is C26H24N6. The highest BCUT2D eigenvalue weighted by atomic mass is 15.1. The van der Waals surface area contributed by atoms with Crippen molar-refractivity contribution in [2.75, 3.05) is 11.1 Å². The van der Waals surface area contributed by atoms with Crippen LogP contribution in [0.4, 0.5) is 17.3 Å². The Bertz CT molecular complexity index is 1450. The summed E-state index contributed by atoms with van der Waals surface area (Å²) in [6.07, 6.45) is 7.33. The number of benzene rings is 2. The zero-order valence-corrected chi connectivity index (χ0v) is 17.9. The number of hydrogen-bond donors (Lipinski definition) is 2. The molecule has 2 aromatic carbocycles. The van der Waals surface area contributed by atoms with Gasteiger partial charge in [0.1, 0.15) is 28.7 Å². The van der Waals surface area contributed by atoms with Crippen LogP contribution in [0.5, 0.6) is 0 Å². The lowest BCUT2D eigenvalue weighted by Gasteiger charge is -2.23. The van der Waals surface area contributed by atoms with E-state index in [1.807, 2.05) is 36.5 Å². The Morgan fingerprint density at radius 1 is 1.03 bits per heavy atom. The van der Waals surface area contributed by atoms with Crippen LogP contribution < -0.4 is 11.1 Å². The molecule has 6 rings (SSSR count). The van der Waals surface area contributed by atoms with Gasteiger partial charge in [-0.3, -0.25) is 4.40 Å². The molecule has 3 heterocycles. The number of para-hydroxylation sites is 1. The molecule has 0 bridgehead atoms. The second kappa shape index (κ2) is 7.34. The molecule has 6 nitrogen and oxygen atoms in total. The fourth-order valence-electron chi connectivity index (χ4n) is 4.45. The van der Waals surface area contributed by atoms with Gasteiger partial charge in [0.15, 0.2) is 0 Å². The summed E-state index contributed by atoms with van der Waals surface area (Å²) < 4.78 is 2.12. The van der Waals surface area contributed by atoms with Gasteiger partial charge in [0.25, 0.3) is 0 Å². The summed E-state index contributed by atoms with van der Waals surface area (Å²) in [5, 5.41) is 4.53. The Balaban J connectivity index is 1.48. The highest BCUT2D eigenvalue weighted by Crippen LogP contribution is 2.39. The largest absolute Gasteiger partial charge is 0.382 e. The molecule has 0 amide bonds. The van der Waals surface area contributed by atoms with Gasteiger partial charge in [0.2, 0.25) is 0 Å². The summed E-state index contributed by atoms with van der Waals surface area (Å²) in [6.45, 7) is 2.08. The Hall–Kier alpha value is -3.93. The molecule has 3 N–H and O–H groups in total. The molecule has 0 aliphatic heterocycles. The number of nitrogens with one attached hydrogen (secondary N) is 1. The lowest BCUT2D eigenvalue weighted by Crippen LogP contribution is -2.12. The van der Waals surface area contributed by atoms with Gasteiger partial charge in [-0.15, -0.1) is 0 Å². The smallest absolute Gasteiger partial charge is 0.150 e. The predicted octanol–water partition coefficient (Wildman–Crippen LogP) is 5.85. The van der Waals surface area contributed by atoms with Gasteiger partial charge in [-0.25, -0.2) is 15.0 Å². The summed E-state index contributed by atoms with van der Waals surface area (Å²) in [7, 11) is 0. The van der Waals surface area contributed by atoms with E-state index in [4.69, 9.17) is 15.7 Å². The van der Waals surface area contributed by atoms with Crippen molar-refractivity contribution in [1.82, 2.24) is 19.4 Å². The van der Waals surface area contributed by atoms with Crippen LogP contribution in [0.2, 0.25) is 0 Å². The van der Waals surface area contributed by atoms with Crippen molar-refractivity contribution in [2.45, 2.75) is 32.1 Å². The molecule has 0 atom stereocenters. The van der Waals surface area contributed by atoms with Crippen LogP contribution in [0, 0.1) is 6.92 Å². The number of nitrogens with zero attached hydrogens (tertiary/aromatic N) is 4. The first-order valence-corrected chi connectivity index (χ1v) is 11.0. The topological polar surface area (TPSA) is 81.1 Å². The van der Waals surface area contributed by atoms with Crippen molar-refractivity contribution >= 4 is 33.7 Å². The second-order valence-electron chi connectivity index (χ2n) is 8.53. The zero-order valence-electron chi connectivity index (χ0n) is 17.9. The van der Waals surface area contributed by atoms with Crippen molar-refractivity contribution in [3.8, 4) is 11.3 Å². The van der Waals surface area contributed by atoms with Crippen LogP contribution in [-0.4, -0.2) is 19.4 Å². The van der Waals surface area contributed by atoms with E-state index < -0.39 is 0 Å². The lowest BCUT2D eigenvalue weighted by molar-refractivity contribution is 0.400. The Morgan fingerprint density at radius 3 is 2.66 bits per heavy atom. The number of anilines is 3. The summed E-state index contributed by atoms with van der Waals surface area (Å²) in [6, 6.07) is 18.6. The molecule has 0 radical (unpaired) electrons. The molecule has 1 fully saturated rings. The minimum atomic E-state index is 0.487. The minimum absolute atomic E-state index is 0.487. The van der Waals surface area contributed by atoms with Crippen molar-refractivity contribution in [1.29, 1.82) is 0 Å². The van der Waals surface area contributed by atoms with Gasteiger partial charge >= 0.3 is 0 Å². The van der Waals surface area contributed by atoms with Gasteiger partial charge in [0, 0.05) is 34.9 Å². The maximum absolute atomic E-state index is 6.31. The average Bonchev–Trinajstić information content (AvgIpc) is 3.14. The lowest BCUT2D eigenvalue weighted by atomic mass is 9.85. The van der Waals surface area contributed by atoms with Gasteiger partial charge in [-0.1, -0.05) is 36.8 Å². The summed E-state index contributed by atoms with van der Waals surface area (Å²) in [5.74, 6) is 2.93. The summed E-state index contributed by atoms with van der Waals surface area (Å²) in [4.78, 5) is 14.3. The summed E-state index contributed by atoms with van der Waals surface area (Å²) in [5.41, 5.74) is 12.1. The van der Waals surface area contributed by atoms with E-state index in [-0.39, 0.29) is 0 Å². The number of nitrogen functional groups attached to an aromatic ring is 1. The van der Waals surface area contributed by atoms with E-state index in [1.54, 1.807) is 6.20 Å². The van der Waals surface area contributed by atoms with Gasteiger partial charge in [0.05, 0.1) is 5.52 Å². The van der Waals surface area contributed by atoms with Crippen LogP contribution in [0.15, 0.2) is 67.0 Å². The number of pyridine rings is 1. The molecule has 3 aromatic heterocycles. The standard InChI is InChI=1S/C26H24N6/c1-16-14-18-10-11-19(15-21(18)30-25(16)29-20-8-3-2-4-9-20)22-23-24(27)28-12-13-32(23)26(31-22)17-6-5-7-17/h2-4,8-15,17H,5-7H2,1H3,(H2,27,28)(H,29,30). The normalized spacial score (nSPS) is 14.0. The van der Waals surface area contributed by atoms with Crippen LogP contribution >= 0.6 is 0 Å². The molecule has 0 spiro atoms. The molecule has 0 saturated heterocycles. The fraction of sp³-hybridized carbons (Fsp3) is 0.192. The van der Waals surface area contributed by atoms with E-state index in [2.05, 4.69) is 45.9 Å². The first-order chi connectivity index (χ1) is 15.7.